The number of nitrogens with zero attached hydrogens (tertiary/aromatic N) is 1. The SMILES string of the molecule is CC(=O)c1oncc1C1CC1. The Morgan fingerprint density at radius 2 is 2.45 bits per heavy atom. The molecule has 2 rings (SSSR count). The molecule has 1 aliphatic rings. The molecule has 3 heteroatoms. The smallest absolute Gasteiger partial charge is 0.205 e. The first-order valence-corrected chi connectivity index (χ1v) is 3.74. The molecule has 0 amide bonds. The van der Waals surface area contributed by atoms with E-state index in [1.807, 2.05) is 0 Å². The molecule has 11 heavy (non-hydrogen) atoms. The number of rotatable bonds is 2. The van der Waals surface area contributed by atoms with E-state index in [-0.39, 0.29) is 5.78 Å². The minimum absolute atomic E-state index is 0.0237. The number of aromatic nitrogens is 1. The van der Waals surface area contributed by atoms with Crippen molar-refractivity contribution in [1.82, 2.24) is 5.16 Å². The monoisotopic (exact) mass is 151 g/mol. The average molecular weight is 151 g/mol. The quantitative estimate of drug-likeness (QED) is 0.605. The molecule has 0 saturated heterocycles. The predicted octanol–water partition coefficient (Wildman–Crippen LogP) is 1.75. The number of hydrogen-bond acceptors (Lipinski definition) is 3. The largest absolute Gasteiger partial charge is 0.353 e. The van der Waals surface area contributed by atoms with Crippen molar-refractivity contribution in [2.24, 2.45) is 0 Å². The van der Waals surface area contributed by atoms with Crippen molar-refractivity contribution in [3.8, 4) is 0 Å². The Balaban J connectivity index is 2.37. The summed E-state index contributed by atoms with van der Waals surface area (Å²) in [6.45, 7) is 1.51. The summed E-state index contributed by atoms with van der Waals surface area (Å²) < 4.78 is 4.83. The molecule has 3 nitrogen and oxygen atoms in total. The number of carbonyl (C=O) groups excluding carboxylic acids is 1. The lowest BCUT2D eigenvalue weighted by molar-refractivity contribution is 0.0977. The molecule has 1 aromatic heterocycles. The molecule has 1 aliphatic carbocycles. The van der Waals surface area contributed by atoms with E-state index in [0.717, 1.165) is 5.56 Å². The van der Waals surface area contributed by atoms with Gasteiger partial charge in [0.2, 0.25) is 5.76 Å². The average Bonchev–Trinajstić information content (AvgIpc) is 2.68. The predicted molar refractivity (Wildman–Crippen MR) is 38.5 cm³/mol. The zero-order valence-electron chi connectivity index (χ0n) is 6.33. The molecule has 0 spiro atoms. The Morgan fingerprint density at radius 1 is 1.73 bits per heavy atom. The van der Waals surface area contributed by atoms with Crippen molar-refractivity contribution in [3.63, 3.8) is 0 Å². The second-order valence-electron chi connectivity index (χ2n) is 2.94. The van der Waals surface area contributed by atoms with Gasteiger partial charge in [-0.2, -0.15) is 0 Å². The Hall–Kier alpha value is -1.12. The van der Waals surface area contributed by atoms with Crippen molar-refractivity contribution in [2.75, 3.05) is 0 Å². The van der Waals surface area contributed by atoms with Gasteiger partial charge in [0.05, 0.1) is 6.20 Å². The Labute approximate surface area is 64.4 Å². The van der Waals surface area contributed by atoms with Gasteiger partial charge in [-0.1, -0.05) is 5.16 Å². The summed E-state index contributed by atoms with van der Waals surface area (Å²) in [6, 6.07) is 0. The first-order chi connectivity index (χ1) is 5.29. The third-order valence-electron chi connectivity index (χ3n) is 1.93. The summed E-state index contributed by atoms with van der Waals surface area (Å²) in [4.78, 5) is 10.9. The molecular formula is C8H9NO2. The standard InChI is InChI=1S/C8H9NO2/c1-5(10)8-7(4-9-11-8)6-2-3-6/h4,6H,2-3H2,1H3. The van der Waals surface area contributed by atoms with Crippen molar-refractivity contribution in [1.29, 1.82) is 0 Å². The van der Waals surface area contributed by atoms with Gasteiger partial charge >= 0.3 is 0 Å². The first-order valence-electron chi connectivity index (χ1n) is 3.74. The molecule has 1 aromatic rings. The first kappa shape index (κ1) is 6.58. The molecule has 0 atom stereocenters. The van der Waals surface area contributed by atoms with Gasteiger partial charge in [0.1, 0.15) is 0 Å². The van der Waals surface area contributed by atoms with Gasteiger partial charge in [-0.05, 0) is 18.8 Å². The lowest BCUT2D eigenvalue weighted by Gasteiger charge is -1.90. The zero-order valence-corrected chi connectivity index (χ0v) is 6.33. The molecule has 58 valence electrons. The number of ketones is 1. The second-order valence-corrected chi connectivity index (χ2v) is 2.94. The highest BCUT2D eigenvalue weighted by molar-refractivity contribution is 5.92. The molecule has 0 aromatic carbocycles. The van der Waals surface area contributed by atoms with Gasteiger partial charge in [0.25, 0.3) is 0 Å². The van der Waals surface area contributed by atoms with Crippen LogP contribution in [0.25, 0.3) is 0 Å². The summed E-state index contributed by atoms with van der Waals surface area (Å²) >= 11 is 0. The molecule has 1 heterocycles. The van der Waals surface area contributed by atoms with Gasteiger partial charge in [-0.15, -0.1) is 0 Å². The van der Waals surface area contributed by atoms with Crippen LogP contribution in [0.15, 0.2) is 10.7 Å². The highest BCUT2D eigenvalue weighted by Crippen LogP contribution is 2.41. The third-order valence-corrected chi connectivity index (χ3v) is 1.93. The Morgan fingerprint density at radius 3 is 3.00 bits per heavy atom. The van der Waals surface area contributed by atoms with Crippen LogP contribution in [0.2, 0.25) is 0 Å². The van der Waals surface area contributed by atoms with Crippen LogP contribution in [-0.4, -0.2) is 10.9 Å². The topological polar surface area (TPSA) is 43.1 Å². The Kier molecular flexibility index (Phi) is 1.31. The second kappa shape index (κ2) is 2.19. The number of Topliss-reactive ketones (excluding diaryl/α,β-unsaturated/α-hetero) is 1. The molecule has 0 aliphatic heterocycles. The van der Waals surface area contributed by atoms with E-state index in [1.165, 1.54) is 19.8 Å². The number of hydrogen-bond donors (Lipinski definition) is 0. The lowest BCUT2D eigenvalue weighted by atomic mass is 10.1. The van der Waals surface area contributed by atoms with Crippen LogP contribution in [0.1, 0.15) is 41.8 Å². The molecule has 1 saturated carbocycles. The van der Waals surface area contributed by atoms with Crippen molar-refractivity contribution < 1.29 is 9.32 Å². The van der Waals surface area contributed by atoms with E-state index in [9.17, 15) is 4.79 Å². The molecule has 1 fully saturated rings. The van der Waals surface area contributed by atoms with Crippen LogP contribution in [0.5, 0.6) is 0 Å². The van der Waals surface area contributed by atoms with Crippen LogP contribution in [0.4, 0.5) is 0 Å². The highest BCUT2D eigenvalue weighted by atomic mass is 16.5. The minimum atomic E-state index is -0.0237. The van der Waals surface area contributed by atoms with E-state index in [4.69, 9.17) is 4.52 Å². The van der Waals surface area contributed by atoms with Crippen molar-refractivity contribution in [3.05, 3.63) is 17.5 Å². The fourth-order valence-electron chi connectivity index (χ4n) is 1.20. The van der Waals surface area contributed by atoms with E-state index < -0.39 is 0 Å². The van der Waals surface area contributed by atoms with E-state index >= 15 is 0 Å². The maximum absolute atomic E-state index is 10.9. The Bertz CT molecular complexity index is 286. The maximum Gasteiger partial charge on any atom is 0.205 e. The summed E-state index contributed by atoms with van der Waals surface area (Å²) in [7, 11) is 0. The van der Waals surface area contributed by atoms with Gasteiger partial charge in [0, 0.05) is 12.5 Å². The lowest BCUT2D eigenvalue weighted by Crippen LogP contribution is -1.93. The zero-order chi connectivity index (χ0) is 7.84. The fraction of sp³-hybridized carbons (Fsp3) is 0.500. The van der Waals surface area contributed by atoms with Gasteiger partial charge in [-0.25, -0.2) is 0 Å². The molecule has 0 bridgehead atoms. The highest BCUT2D eigenvalue weighted by Gasteiger charge is 2.29. The third kappa shape index (κ3) is 1.06. The van der Waals surface area contributed by atoms with Crippen LogP contribution >= 0.6 is 0 Å². The van der Waals surface area contributed by atoms with Crippen LogP contribution in [-0.2, 0) is 0 Å². The molecule has 0 N–H and O–H groups in total. The maximum atomic E-state index is 10.9. The van der Waals surface area contributed by atoms with Crippen molar-refractivity contribution in [2.45, 2.75) is 25.7 Å². The van der Waals surface area contributed by atoms with Crippen molar-refractivity contribution >= 4 is 5.78 Å². The molecule has 0 unspecified atom stereocenters. The fourth-order valence-corrected chi connectivity index (χ4v) is 1.20. The van der Waals surface area contributed by atoms with Gasteiger partial charge < -0.3 is 4.52 Å². The van der Waals surface area contributed by atoms with E-state index in [1.54, 1.807) is 6.20 Å². The van der Waals surface area contributed by atoms with Gasteiger partial charge in [0.15, 0.2) is 5.78 Å². The summed E-state index contributed by atoms with van der Waals surface area (Å²) in [5.41, 5.74) is 0.998. The van der Waals surface area contributed by atoms with Crippen LogP contribution in [0, 0.1) is 0 Å². The summed E-state index contributed by atoms with van der Waals surface area (Å²) in [5, 5.41) is 3.61. The normalized spacial score (nSPS) is 16.8. The summed E-state index contributed by atoms with van der Waals surface area (Å²) in [6.07, 6.45) is 4.00. The molecular weight excluding hydrogens is 142 g/mol. The number of carbonyl (C=O) groups is 1. The van der Waals surface area contributed by atoms with Gasteiger partial charge in [-0.3, -0.25) is 4.79 Å². The van der Waals surface area contributed by atoms with E-state index in [2.05, 4.69) is 5.16 Å². The summed E-state index contributed by atoms with van der Waals surface area (Å²) in [5.74, 6) is 0.969. The minimum Gasteiger partial charge on any atom is -0.353 e. The molecule has 0 radical (unpaired) electrons. The van der Waals surface area contributed by atoms with Crippen LogP contribution < -0.4 is 0 Å². The van der Waals surface area contributed by atoms with Crippen LogP contribution in [0.3, 0.4) is 0 Å². The van der Waals surface area contributed by atoms with E-state index in [0.29, 0.717) is 11.7 Å².